The fourth-order valence-corrected chi connectivity index (χ4v) is 2.11. The van der Waals surface area contributed by atoms with Crippen LogP contribution in [0.2, 0.25) is 0 Å². The van der Waals surface area contributed by atoms with E-state index in [-0.39, 0.29) is 30.2 Å². The molecule has 3 N–H and O–H groups in total. The number of hydrogen-bond acceptors (Lipinski definition) is 3. The average molecular weight is 327 g/mol. The zero-order valence-corrected chi connectivity index (χ0v) is 13.5. The zero-order chi connectivity index (χ0) is 15.6. The molecule has 0 aliphatic carbocycles. The van der Waals surface area contributed by atoms with Gasteiger partial charge < -0.3 is 11.1 Å². The molecule has 120 valence electrons. The van der Waals surface area contributed by atoms with Crippen LogP contribution < -0.4 is 11.1 Å². The molecule has 1 aromatic heterocycles. The van der Waals surface area contributed by atoms with Crippen LogP contribution in [0.1, 0.15) is 31.1 Å². The second-order valence-corrected chi connectivity index (χ2v) is 5.09. The molecule has 0 spiro atoms. The van der Waals surface area contributed by atoms with Crippen LogP contribution in [-0.2, 0) is 4.79 Å². The molecule has 0 bridgehead atoms. The summed E-state index contributed by atoms with van der Waals surface area (Å²) < 4.78 is 14.7. The quantitative estimate of drug-likeness (QED) is 0.905. The third-order valence-electron chi connectivity index (χ3n) is 3.36. The van der Waals surface area contributed by atoms with E-state index < -0.39 is 6.04 Å². The molecular weight excluding hydrogens is 307 g/mol. The summed E-state index contributed by atoms with van der Waals surface area (Å²) in [5, 5.41) is 7.13. The van der Waals surface area contributed by atoms with Gasteiger partial charge in [-0.25, -0.2) is 9.07 Å². The molecule has 1 heterocycles. The predicted octanol–water partition coefficient (Wildman–Crippen LogP) is 2.27. The van der Waals surface area contributed by atoms with Gasteiger partial charge in [0.2, 0.25) is 5.91 Å². The number of carbonyl (C=O) groups excluding carboxylic acids is 1. The van der Waals surface area contributed by atoms with E-state index in [1.165, 1.54) is 12.1 Å². The Balaban J connectivity index is 0.00000242. The van der Waals surface area contributed by atoms with E-state index in [2.05, 4.69) is 10.4 Å². The highest BCUT2D eigenvalue weighted by atomic mass is 35.5. The van der Waals surface area contributed by atoms with Crippen LogP contribution >= 0.6 is 12.4 Å². The van der Waals surface area contributed by atoms with Crippen molar-refractivity contribution in [3.05, 3.63) is 47.5 Å². The second kappa shape index (κ2) is 7.38. The molecule has 2 rings (SSSR count). The van der Waals surface area contributed by atoms with Crippen molar-refractivity contribution in [3.8, 4) is 5.69 Å². The number of amides is 1. The Hall–Kier alpha value is -1.92. The third-order valence-corrected chi connectivity index (χ3v) is 3.36. The Bertz CT molecular complexity index is 639. The maximum Gasteiger partial charge on any atom is 0.237 e. The van der Waals surface area contributed by atoms with Gasteiger partial charge in [-0.05, 0) is 45.0 Å². The number of benzene rings is 1. The van der Waals surface area contributed by atoms with Gasteiger partial charge in [0.15, 0.2) is 0 Å². The summed E-state index contributed by atoms with van der Waals surface area (Å²) in [4.78, 5) is 11.6. The SMILES string of the molecule is Cc1c(C(C)NC(=O)[C@@H](C)N)cnn1-c1ccc(F)cc1.Cl. The fraction of sp³-hybridized carbons (Fsp3) is 0.333. The van der Waals surface area contributed by atoms with Crippen molar-refractivity contribution in [1.29, 1.82) is 0 Å². The van der Waals surface area contributed by atoms with Crippen molar-refractivity contribution in [2.75, 3.05) is 0 Å². The molecule has 2 atom stereocenters. The molecule has 0 radical (unpaired) electrons. The van der Waals surface area contributed by atoms with Crippen molar-refractivity contribution in [2.45, 2.75) is 32.9 Å². The number of rotatable bonds is 4. The van der Waals surface area contributed by atoms with Crippen molar-refractivity contribution >= 4 is 18.3 Å². The van der Waals surface area contributed by atoms with Crippen LogP contribution in [-0.4, -0.2) is 21.7 Å². The molecule has 22 heavy (non-hydrogen) atoms. The molecule has 0 fully saturated rings. The Morgan fingerprint density at radius 3 is 2.45 bits per heavy atom. The summed E-state index contributed by atoms with van der Waals surface area (Å²) in [6, 6.07) is 5.33. The lowest BCUT2D eigenvalue weighted by Crippen LogP contribution is -2.39. The Morgan fingerprint density at radius 1 is 1.32 bits per heavy atom. The van der Waals surface area contributed by atoms with Crippen molar-refractivity contribution < 1.29 is 9.18 Å². The highest BCUT2D eigenvalue weighted by Crippen LogP contribution is 2.20. The molecular formula is C15H20ClFN4O. The largest absolute Gasteiger partial charge is 0.348 e. The summed E-state index contributed by atoms with van der Waals surface area (Å²) in [6.45, 7) is 5.41. The van der Waals surface area contributed by atoms with E-state index in [1.807, 2.05) is 13.8 Å². The minimum atomic E-state index is -0.556. The number of nitrogens with one attached hydrogen (secondary N) is 1. The number of carbonyl (C=O) groups is 1. The minimum absolute atomic E-state index is 0. The first-order valence-electron chi connectivity index (χ1n) is 6.76. The van der Waals surface area contributed by atoms with Gasteiger partial charge in [-0.3, -0.25) is 4.79 Å². The van der Waals surface area contributed by atoms with Gasteiger partial charge in [-0.2, -0.15) is 5.10 Å². The van der Waals surface area contributed by atoms with E-state index in [9.17, 15) is 9.18 Å². The zero-order valence-electron chi connectivity index (χ0n) is 12.7. The maximum absolute atomic E-state index is 13.0. The topological polar surface area (TPSA) is 72.9 Å². The van der Waals surface area contributed by atoms with Gasteiger partial charge in [0.25, 0.3) is 0 Å². The van der Waals surface area contributed by atoms with E-state index in [4.69, 9.17) is 5.73 Å². The van der Waals surface area contributed by atoms with Crippen LogP contribution in [0.5, 0.6) is 0 Å². The summed E-state index contributed by atoms with van der Waals surface area (Å²) in [5.74, 6) is -0.502. The van der Waals surface area contributed by atoms with Crippen LogP contribution in [0, 0.1) is 12.7 Å². The molecule has 0 aliphatic heterocycles. The molecule has 1 unspecified atom stereocenters. The first kappa shape index (κ1) is 18.1. The van der Waals surface area contributed by atoms with Gasteiger partial charge in [-0.1, -0.05) is 0 Å². The first-order valence-corrected chi connectivity index (χ1v) is 6.76. The Morgan fingerprint density at radius 2 is 1.91 bits per heavy atom. The van der Waals surface area contributed by atoms with Gasteiger partial charge in [0.05, 0.1) is 24.0 Å². The molecule has 1 amide bonds. The number of halogens is 2. The highest BCUT2D eigenvalue weighted by molar-refractivity contribution is 5.85. The molecule has 7 heteroatoms. The van der Waals surface area contributed by atoms with E-state index >= 15 is 0 Å². The van der Waals surface area contributed by atoms with Crippen molar-refractivity contribution in [1.82, 2.24) is 15.1 Å². The lowest BCUT2D eigenvalue weighted by molar-refractivity contribution is -0.122. The second-order valence-electron chi connectivity index (χ2n) is 5.09. The molecule has 5 nitrogen and oxygen atoms in total. The molecule has 0 aliphatic rings. The molecule has 1 aromatic carbocycles. The maximum atomic E-state index is 13.0. The van der Waals surface area contributed by atoms with Crippen LogP contribution in [0.25, 0.3) is 5.69 Å². The van der Waals surface area contributed by atoms with Crippen molar-refractivity contribution in [2.24, 2.45) is 5.73 Å². The smallest absolute Gasteiger partial charge is 0.237 e. The van der Waals surface area contributed by atoms with Crippen LogP contribution in [0.15, 0.2) is 30.5 Å². The summed E-state index contributed by atoms with van der Waals surface area (Å²) in [5.41, 5.74) is 8.10. The fourth-order valence-electron chi connectivity index (χ4n) is 2.11. The summed E-state index contributed by atoms with van der Waals surface area (Å²) in [6.07, 6.45) is 1.70. The normalized spacial score (nSPS) is 13.1. The number of nitrogens with two attached hydrogens (primary N) is 1. The number of hydrogen-bond donors (Lipinski definition) is 2. The number of aromatic nitrogens is 2. The van der Waals surface area contributed by atoms with Crippen molar-refractivity contribution in [3.63, 3.8) is 0 Å². The molecule has 0 saturated carbocycles. The highest BCUT2D eigenvalue weighted by Gasteiger charge is 2.17. The van der Waals surface area contributed by atoms with Crippen LogP contribution in [0.4, 0.5) is 4.39 Å². The Labute approximate surface area is 135 Å². The van der Waals surface area contributed by atoms with Crippen LogP contribution in [0.3, 0.4) is 0 Å². The lowest BCUT2D eigenvalue weighted by Gasteiger charge is -2.15. The van der Waals surface area contributed by atoms with Gasteiger partial charge in [0, 0.05) is 11.3 Å². The van der Waals surface area contributed by atoms with Gasteiger partial charge in [0.1, 0.15) is 5.82 Å². The van der Waals surface area contributed by atoms with E-state index in [1.54, 1.807) is 29.9 Å². The van der Waals surface area contributed by atoms with Gasteiger partial charge >= 0.3 is 0 Å². The molecule has 0 saturated heterocycles. The lowest BCUT2D eigenvalue weighted by atomic mass is 10.1. The number of nitrogens with zero attached hydrogens (tertiary/aromatic N) is 2. The van der Waals surface area contributed by atoms with Gasteiger partial charge in [-0.15, -0.1) is 12.4 Å². The minimum Gasteiger partial charge on any atom is -0.348 e. The van der Waals surface area contributed by atoms with E-state index in [0.717, 1.165) is 16.9 Å². The monoisotopic (exact) mass is 326 g/mol. The van der Waals surface area contributed by atoms with E-state index in [0.29, 0.717) is 0 Å². The first-order chi connectivity index (χ1) is 9.90. The summed E-state index contributed by atoms with van der Waals surface area (Å²) >= 11 is 0. The summed E-state index contributed by atoms with van der Waals surface area (Å²) in [7, 11) is 0. The standard InChI is InChI=1S/C15H19FN4O.ClH/c1-9(17)15(21)19-10(2)14-8-18-20(11(14)3)13-6-4-12(16)5-7-13;/h4-10H,17H2,1-3H3,(H,19,21);1H/t9-,10?;/m1./s1. The Kier molecular flexibility index (Phi) is 6.08. The third kappa shape index (κ3) is 3.84. The predicted molar refractivity (Wildman–Crippen MR) is 85.7 cm³/mol. The molecule has 2 aromatic rings. The average Bonchev–Trinajstić information content (AvgIpc) is 2.81.